The van der Waals surface area contributed by atoms with E-state index in [-0.39, 0.29) is 30.8 Å². The van der Waals surface area contributed by atoms with E-state index in [2.05, 4.69) is 27.3 Å². The number of rotatable bonds is 4. The van der Waals surface area contributed by atoms with Crippen LogP contribution in [0.5, 0.6) is 0 Å². The molecule has 0 radical (unpaired) electrons. The predicted molar refractivity (Wildman–Crippen MR) is 73.3 cm³/mol. The fraction of sp³-hybridized carbons (Fsp3) is 0.727. The maximum Gasteiger partial charge on any atom is 0.255 e. The van der Waals surface area contributed by atoms with Gasteiger partial charge in [0, 0.05) is 13.1 Å². The topological polar surface area (TPSA) is 125 Å². The van der Waals surface area contributed by atoms with Gasteiger partial charge in [-0.05, 0) is 13.8 Å². The van der Waals surface area contributed by atoms with E-state index in [0.717, 1.165) is 0 Å². The van der Waals surface area contributed by atoms with Crippen LogP contribution in [-0.2, 0) is 9.53 Å². The molecule has 1 saturated heterocycles. The minimum Gasteiger partial charge on any atom is -0.394 e. The van der Waals surface area contributed by atoms with Crippen molar-refractivity contribution in [3.63, 3.8) is 0 Å². The molecule has 0 aliphatic carbocycles. The highest BCUT2D eigenvalue weighted by Gasteiger charge is 2.38. The van der Waals surface area contributed by atoms with Gasteiger partial charge in [0.2, 0.25) is 0 Å². The summed E-state index contributed by atoms with van der Waals surface area (Å²) in [5.41, 5.74) is 5.59. The molecule has 112 valence electrons. The molecular weight excluding hydrogens is 264 g/mol. The van der Waals surface area contributed by atoms with Crippen molar-refractivity contribution in [3.05, 3.63) is 0 Å². The first-order chi connectivity index (χ1) is 9.56. The van der Waals surface area contributed by atoms with Gasteiger partial charge in [-0.2, -0.15) is 0 Å². The molecule has 2 unspecified atom stereocenters. The van der Waals surface area contributed by atoms with Crippen LogP contribution in [0, 0.1) is 0 Å². The number of carbonyl (C=O) groups excluding carboxylic acids is 1. The van der Waals surface area contributed by atoms with Crippen LogP contribution in [0.4, 0.5) is 0 Å². The largest absolute Gasteiger partial charge is 0.394 e. The molecule has 0 aromatic heterocycles. The van der Waals surface area contributed by atoms with Crippen LogP contribution in [0.3, 0.4) is 0 Å². The molecule has 20 heavy (non-hydrogen) atoms. The van der Waals surface area contributed by atoms with Crippen molar-refractivity contribution in [2.45, 2.75) is 24.5 Å². The van der Waals surface area contributed by atoms with Gasteiger partial charge in [0.1, 0.15) is 12.4 Å². The molecule has 9 nitrogen and oxygen atoms in total. The predicted octanol–water partition coefficient (Wildman–Crippen LogP) is -2.94. The van der Waals surface area contributed by atoms with E-state index < -0.39 is 12.2 Å². The number of nitrogens with two attached hydrogens (primary N) is 1. The summed E-state index contributed by atoms with van der Waals surface area (Å²) in [5.74, 6) is -0.291. The number of aliphatic hydroxyl groups is 1. The van der Waals surface area contributed by atoms with E-state index in [1.54, 1.807) is 11.9 Å². The van der Waals surface area contributed by atoms with Crippen molar-refractivity contribution in [3.8, 4) is 0 Å². The number of morpholine rings is 1. The van der Waals surface area contributed by atoms with Crippen molar-refractivity contribution in [2.24, 2.45) is 15.7 Å². The summed E-state index contributed by atoms with van der Waals surface area (Å²) in [6, 6.07) is -0.745. The second-order valence-corrected chi connectivity index (χ2v) is 4.76. The Labute approximate surface area is 116 Å². The highest BCUT2D eigenvalue weighted by molar-refractivity contribution is 6.01. The molecule has 4 atom stereocenters. The number of likely N-dealkylation sites (N-methyl/N-ethyl adjacent to an activating group) is 1. The fourth-order valence-electron chi connectivity index (χ4n) is 2.28. The Morgan fingerprint density at radius 3 is 3.05 bits per heavy atom. The lowest BCUT2D eigenvalue weighted by molar-refractivity contribution is -0.141. The lowest BCUT2D eigenvalue weighted by Crippen LogP contribution is -2.61. The zero-order valence-corrected chi connectivity index (χ0v) is 11.3. The maximum absolute atomic E-state index is 11.8. The van der Waals surface area contributed by atoms with Gasteiger partial charge in [-0.25, -0.2) is 4.99 Å². The number of carbonyl (C=O) groups is 1. The number of aliphatic imine (C=N–C) groups is 2. The van der Waals surface area contributed by atoms with Gasteiger partial charge < -0.3 is 20.9 Å². The van der Waals surface area contributed by atoms with E-state index in [1.807, 2.05) is 0 Å². The summed E-state index contributed by atoms with van der Waals surface area (Å²) < 4.78 is 5.72. The summed E-state index contributed by atoms with van der Waals surface area (Å²) >= 11 is 0. The quantitative estimate of drug-likeness (QED) is 0.410. The van der Waals surface area contributed by atoms with Crippen LogP contribution < -0.4 is 16.4 Å². The average Bonchev–Trinajstić information content (AvgIpc) is 2.45. The van der Waals surface area contributed by atoms with Crippen LogP contribution in [0.15, 0.2) is 9.98 Å². The molecule has 1 amide bonds. The number of nitrogens with zero attached hydrogens (tertiary/aromatic N) is 3. The molecule has 2 aliphatic heterocycles. The average molecular weight is 284 g/mol. The van der Waals surface area contributed by atoms with Crippen LogP contribution in [-0.4, -0.2) is 79.9 Å². The van der Waals surface area contributed by atoms with Crippen molar-refractivity contribution in [2.75, 3.05) is 26.7 Å². The van der Waals surface area contributed by atoms with Gasteiger partial charge in [-0.15, -0.1) is 0 Å². The molecule has 0 aromatic carbocycles. The Morgan fingerprint density at radius 1 is 1.65 bits per heavy atom. The number of hydrogen-bond acceptors (Lipinski definition) is 8. The number of aliphatic hydroxyl groups excluding tert-OH is 1. The summed E-state index contributed by atoms with van der Waals surface area (Å²) in [5, 5.41) is 14.7. The molecule has 2 heterocycles. The number of amides is 1. The van der Waals surface area contributed by atoms with E-state index in [4.69, 9.17) is 15.6 Å². The third kappa shape index (κ3) is 2.96. The van der Waals surface area contributed by atoms with Crippen LogP contribution >= 0.6 is 0 Å². The molecule has 0 bridgehead atoms. The number of hydrogen-bond donors (Lipinski definition) is 4. The smallest absolute Gasteiger partial charge is 0.255 e. The molecule has 1 fully saturated rings. The molecular formula is C11H20N6O3. The zero-order chi connectivity index (χ0) is 14.7. The number of guanidine groups is 1. The molecule has 9 heteroatoms. The Bertz CT molecular complexity index is 415. The minimum atomic E-state index is -0.745. The summed E-state index contributed by atoms with van der Waals surface area (Å²) in [6.07, 6.45) is -1.20. The maximum atomic E-state index is 11.8. The van der Waals surface area contributed by atoms with Crippen molar-refractivity contribution in [1.29, 1.82) is 0 Å². The Kier molecular flexibility index (Phi) is 4.65. The third-order valence-electron chi connectivity index (χ3n) is 3.39. The van der Waals surface area contributed by atoms with Gasteiger partial charge in [-0.1, -0.05) is 0 Å². The molecule has 2 rings (SSSR count). The highest BCUT2D eigenvalue weighted by Crippen LogP contribution is 2.17. The van der Waals surface area contributed by atoms with E-state index in [1.165, 1.54) is 0 Å². The van der Waals surface area contributed by atoms with Gasteiger partial charge in [0.05, 0.1) is 12.7 Å². The Hall–Kier alpha value is -1.55. The fourth-order valence-corrected chi connectivity index (χ4v) is 2.28. The van der Waals surface area contributed by atoms with Crippen LogP contribution in [0.2, 0.25) is 0 Å². The first-order valence-electron chi connectivity index (χ1n) is 6.35. The number of ether oxygens (including phenoxy) is 1. The van der Waals surface area contributed by atoms with Gasteiger partial charge in [0.15, 0.2) is 12.0 Å². The lowest BCUT2D eigenvalue weighted by atomic mass is 10.1. The van der Waals surface area contributed by atoms with E-state index >= 15 is 0 Å². The van der Waals surface area contributed by atoms with E-state index in [9.17, 15) is 4.79 Å². The monoisotopic (exact) mass is 284 g/mol. The standard InChI is InChI=1S/C11H20N6O3/c1-13-8-9(15-11(12)16-10(8)19)17(2)7-4-14-3-6(5-18)20-7/h6-9,14,18H,1,3-5H2,2H3,(H3,12,15,16,19)/t6-,7+,8?,9?/m0/s1. The molecule has 2 aliphatic rings. The van der Waals surface area contributed by atoms with Crippen molar-refractivity contribution >= 4 is 18.6 Å². The summed E-state index contributed by atoms with van der Waals surface area (Å²) in [7, 11) is 1.77. The third-order valence-corrected chi connectivity index (χ3v) is 3.39. The minimum absolute atomic E-state index is 0.0502. The van der Waals surface area contributed by atoms with Gasteiger partial charge in [-0.3, -0.25) is 20.0 Å². The van der Waals surface area contributed by atoms with Crippen LogP contribution in [0.25, 0.3) is 0 Å². The summed E-state index contributed by atoms with van der Waals surface area (Å²) in [6.45, 7) is 4.50. The first-order valence-corrected chi connectivity index (χ1v) is 6.35. The van der Waals surface area contributed by atoms with E-state index in [0.29, 0.717) is 13.1 Å². The van der Waals surface area contributed by atoms with Crippen molar-refractivity contribution in [1.82, 2.24) is 15.5 Å². The first kappa shape index (κ1) is 14.9. The highest BCUT2D eigenvalue weighted by atomic mass is 16.5. The summed E-state index contributed by atoms with van der Waals surface area (Å²) in [4.78, 5) is 21.6. The van der Waals surface area contributed by atoms with Crippen LogP contribution in [0.1, 0.15) is 0 Å². The SMILES string of the molecule is C=NC1C(=O)NC(N)=NC1N(C)[C@H]1CNC[C@@H](CO)O1. The number of nitrogens with one attached hydrogen (secondary N) is 2. The second-order valence-electron chi connectivity index (χ2n) is 4.76. The zero-order valence-electron chi connectivity index (χ0n) is 11.3. The molecule has 0 aromatic rings. The van der Waals surface area contributed by atoms with Gasteiger partial charge >= 0.3 is 0 Å². The second kappa shape index (κ2) is 6.27. The normalized spacial score (nSPS) is 34.5. The Balaban J connectivity index is 2.13. The molecule has 0 saturated carbocycles. The lowest BCUT2D eigenvalue weighted by Gasteiger charge is -2.40. The Morgan fingerprint density at radius 2 is 2.40 bits per heavy atom. The van der Waals surface area contributed by atoms with Gasteiger partial charge in [0.25, 0.3) is 5.91 Å². The molecule has 5 N–H and O–H groups in total. The van der Waals surface area contributed by atoms with Crippen molar-refractivity contribution < 1.29 is 14.6 Å². The molecule has 0 spiro atoms.